The fourth-order valence-corrected chi connectivity index (χ4v) is 3.51. The Labute approximate surface area is 114 Å². The molecule has 0 aliphatic heterocycles. The maximum Gasteiger partial charge on any atom is 0.0374 e. The molecular weight excluding hydrogens is 238 g/mol. The largest absolute Gasteiger partial charge is 0.314 e. The molecule has 2 aromatic rings. The first-order chi connectivity index (χ1) is 8.85. The average molecular weight is 261 g/mol. The third kappa shape index (κ3) is 3.33. The predicted octanol–water partition coefficient (Wildman–Crippen LogP) is 4.61. The van der Waals surface area contributed by atoms with Crippen LogP contribution >= 0.6 is 11.3 Å². The minimum absolute atomic E-state index is 0.676. The molecule has 0 saturated carbocycles. The monoisotopic (exact) mass is 261 g/mol. The van der Waals surface area contributed by atoms with Crippen molar-refractivity contribution in [2.75, 3.05) is 6.54 Å². The summed E-state index contributed by atoms with van der Waals surface area (Å²) in [5.41, 5.74) is 1.52. The Bertz CT molecular complexity index is 469. The summed E-state index contributed by atoms with van der Waals surface area (Å²) < 4.78 is 1.48. The highest BCUT2D eigenvalue weighted by molar-refractivity contribution is 7.17. The Morgan fingerprint density at radius 1 is 1.17 bits per heavy atom. The van der Waals surface area contributed by atoms with Gasteiger partial charge in [0, 0.05) is 10.7 Å². The van der Waals surface area contributed by atoms with E-state index in [1.807, 2.05) is 11.3 Å². The average Bonchev–Trinajstić information content (AvgIpc) is 2.85. The summed E-state index contributed by atoms with van der Waals surface area (Å²) in [6.45, 7) is 5.54. The standard InChI is InChI=1S/C16H23NS/c1-3-6-15(17-4-2)10-9-13-7-5-8-14-11-12-18-16(13)14/h5,7-8,11-12,15,17H,3-4,6,9-10H2,1-2H3. The van der Waals surface area contributed by atoms with Gasteiger partial charge in [-0.15, -0.1) is 11.3 Å². The second-order valence-electron chi connectivity index (χ2n) is 4.84. The van der Waals surface area contributed by atoms with Gasteiger partial charge in [0.25, 0.3) is 0 Å². The van der Waals surface area contributed by atoms with Crippen LogP contribution in [0.3, 0.4) is 0 Å². The lowest BCUT2D eigenvalue weighted by molar-refractivity contribution is 0.460. The van der Waals surface area contributed by atoms with Crippen LogP contribution in [0, 0.1) is 0 Å². The summed E-state index contributed by atoms with van der Waals surface area (Å²) in [6, 6.07) is 9.58. The van der Waals surface area contributed by atoms with E-state index in [4.69, 9.17) is 0 Å². The van der Waals surface area contributed by atoms with Gasteiger partial charge in [0.15, 0.2) is 0 Å². The molecule has 0 bridgehead atoms. The van der Waals surface area contributed by atoms with Gasteiger partial charge in [-0.1, -0.05) is 38.5 Å². The third-order valence-corrected chi connectivity index (χ3v) is 4.46. The maximum absolute atomic E-state index is 3.60. The zero-order valence-corrected chi connectivity index (χ0v) is 12.2. The minimum atomic E-state index is 0.676. The van der Waals surface area contributed by atoms with Crippen LogP contribution in [-0.4, -0.2) is 12.6 Å². The normalized spacial score (nSPS) is 13.0. The molecule has 1 nitrogen and oxygen atoms in total. The Morgan fingerprint density at radius 2 is 2.06 bits per heavy atom. The zero-order chi connectivity index (χ0) is 12.8. The lowest BCUT2D eigenvalue weighted by Gasteiger charge is -2.17. The molecular formula is C16H23NS. The van der Waals surface area contributed by atoms with Crippen molar-refractivity contribution in [1.29, 1.82) is 0 Å². The fraction of sp³-hybridized carbons (Fsp3) is 0.500. The fourth-order valence-electron chi connectivity index (χ4n) is 2.57. The number of fused-ring (bicyclic) bond motifs is 1. The summed E-state index contributed by atoms with van der Waals surface area (Å²) in [4.78, 5) is 0. The molecule has 0 saturated heterocycles. The summed E-state index contributed by atoms with van der Waals surface area (Å²) >= 11 is 1.87. The van der Waals surface area contributed by atoms with Crippen molar-refractivity contribution in [3.63, 3.8) is 0 Å². The maximum atomic E-state index is 3.60. The number of hydrogen-bond donors (Lipinski definition) is 1. The highest BCUT2D eigenvalue weighted by Gasteiger charge is 2.08. The summed E-state index contributed by atoms with van der Waals surface area (Å²) in [6.07, 6.45) is 4.99. The molecule has 1 unspecified atom stereocenters. The topological polar surface area (TPSA) is 12.0 Å². The molecule has 2 rings (SSSR count). The van der Waals surface area contributed by atoms with E-state index in [9.17, 15) is 0 Å². The number of aryl methyl sites for hydroxylation is 1. The summed E-state index contributed by atoms with van der Waals surface area (Å²) in [5, 5.41) is 7.19. The first-order valence-electron chi connectivity index (χ1n) is 7.03. The van der Waals surface area contributed by atoms with Crippen molar-refractivity contribution in [3.05, 3.63) is 35.2 Å². The molecule has 98 valence electrons. The molecule has 0 radical (unpaired) electrons. The van der Waals surface area contributed by atoms with Gasteiger partial charge in [-0.2, -0.15) is 0 Å². The van der Waals surface area contributed by atoms with Crippen molar-refractivity contribution in [3.8, 4) is 0 Å². The van der Waals surface area contributed by atoms with E-state index in [0.29, 0.717) is 6.04 Å². The second-order valence-corrected chi connectivity index (χ2v) is 5.75. The van der Waals surface area contributed by atoms with Crippen molar-refractivity contribution in [2.45, 2.75) is 45.6 Å². The van der Waals surface area contributed by atoms with Crippen LogP contribution in [0.5, 0.6) is 0 Å². The Kier molecular flexibility index (Phi) is 5.21. The highest BCUT2D eigenvalue weighted by Crippen LogP contribution is 2.26. The van der Waals surface area contributed by atoms with Crippen molar-refractivity contribution in [1.82, 2.24) is 5.32 Å². The van der Waals surface area contributed by atoms with Gasteiger partial charge in [-0.3, -0.25) is 0 Å². The van der Waals surface area contributed by atoms with Crippen molar-refractivity contribution < 1.29 is 0 Å². The molecule has 0 aliphatic rings. The van der Waals surface area contributed by atoms with E-state index < -0.39 is 0 Å². The van der Waals surface area contributed by atoms with Gasteiger partial charge < -0.3 is 5.32 Å². The molecule has 2 heteroatoms. The van der Waals surface area contributed by atoms with Crippen LogP contribution in [-0.2, 0) is 6.42 Å². The zero-order valence-electron chi connectivity index (χ0n) is 11.4. The number of thiophene rings is 1. The van der Waals surface area contributed by atoms with Gasteiger partial charge in [-0.05, 0) is 48.2 Å². The molecule has 0 spiro atoms. The molecule has 1 aromatic heterocycles. The Morgan fingerprint density at radius 3 is 2.83 bits per heavy atom. The van der Waals surface area contributed by atoms with Crippen LogP contribution < -0.4 is 5.32 Å². The first kappa shape index (κ1) is 13.6. The minimum Gasteiger partial charge on any atom is -0.314 e. The molecule has 0 amide bonds. The summed E-state index contributed by atoms with van der Waals surface area (Å²) in [5.74, 6) is 0. The van der Waals surface area contributed by atoms with Crippen molar-refractivity contribution >= 4 is 21.4 Å². The van der Waals surface area contributed by atoms with E-state index in [1.165, 1.54) is 41.3 Å². The summed E-state index contributed by atoms with van der Waals surface area (Å²) in [7, 11) is 0. The molecule has 1 atom stereocenters. The number of rotatable bonds is 7. The molecule has 0 aliphatic carbocycles. The van der Waals surface area contributed by atoms with Crippen LogP contribution in [0.25, 0.3) is 10.1 Å². The van der Waals surface area contributed by atoms with Crippen LogP contribution in [0.4, 0.5) is 0 Å². The number of benzene rings is 1. The lowest BCUT2D eigenvalue weighted by Crippen LogP contribution is -2.29. The highest BCUT2D eigenvalue weighted by atomic mass is 32.1. The van der Waals surface area contributed by atoms with Gasteiger partial charge in [0.1, 0.15) is 0 Å². The predicted molar refractivity (Wildman–Crippen MR) is 82.5 cm³/mol. The Hall–Kier alpha value is -0.860. The van der Waals surface area contributed by atoms with Gasteiger partial charge >= 0.3 is 0 Å². The molecule has 18 heavy (non-hydrogen) atoms. The molecule has 1 N–H and O–H groups in total. The number of nitrogens with one attached hydrogen (secondary N) is 1. The SMILES string of the molecule is CCCC(CCc1cccc2ccsc12)NCC. The molecule has 1 aromatic carbocycles. The van der Waals surface area contributed by atoms with E-state index in [2.05, 4.69) is 48.8 Å². The van der Waals surface area contributed by atoms with Crippen molar-refractivity contribution in [2.24, 2.45) is 0 Å². The third-order valence-electron chi connectivity index (χ3n) is 3.45. The smallest absolute Gasteiger partial charge is 0.0374 e. The van der Waals surface area contributed by atoms with E-state index in [-0.39, 0.29) is 0 Å². The van der Waals surface area contributed by atoms with E-state index >= 15 is 0 Å². The molecule has 1 heterocycles. The first-order valence-corrected chi connectivity index (χ1v) is 7.91. The second kappa shape index (κ2) is 6.91. The molecule has 0 fully saturated rings. The van der Waals surface area contributed by atoms with Crippen LogP contribution in [0.2, 0.25) is 0 Å². The van der Waals surface area contributed by atoms with Crippen LogP contribution in [0.15, 0.2) is 29.6 Å². The number of hydrogen-bond acceptors (Lipinski definition) is 2. The Balaban J connectivity index is 2.02. The van der Waals surface area contributed by atoms with Crippen LogP contribution in [0.1, 0.15) is 38.7 Å². The quantitative estimate of drug-likeness (QED) is 0.767. The lowest BCUT2D eigenvalue weighted by atomic mass is 10.0. The van der Waals surface area contributed by atoms with Gasteiger partial charge in [0.05, 0.1) is 0 Å². The van der Waals surface area contributed by atoms with Gasteiger partial charge in [0.2, 0.25) is 0 Å². The van der Waals surface area contributed by atoms with E-state index in [0.717, 1.165) is 6.54 Å². The van der Waals surface area contributed by atoms with E-state index in [1.54, 1.807) is 0 Å². The van der Waals surface area contributed by atoms with Gasteiger partial charge in [-0.25, -0.2) is 0 Å².